The number of nitro benzene ring substituents is 1. The van der Waals surface area contributed by atoms with E-state index in [1.165, 1.54) is 12.1 Å². The van der Waals surface area contributed by atoms with Crippen LogP contribution in [0.3, 0.4) is 0 Å². The third-order valence-electron chi connectivity index (χ3n) is 4.65. The molecule has 2 aromatic rings. The molecule has 1 aromatic heterocycles. The molecule has 2 heterocycles. The normalized spacial score (nSPS) is 16.6. The Kier molecular flexibility index (Phi) is 6.68. The fourth-order valence-corrected chi connectivity index (χ4v) is 5.29. The van der Waals surface area contributed by atoms with E-state index in [1.54, 1.807) is 13.1 Å². The van der Waals surface area contributed by atoms with Crippen molar-refractivity contribution in [2.45, 2.75) is 17.9 Å². The molecule has 29 heavy (non-hydrogen) atoms. The van der Waals surface area contributed by atoms with E-state index in [0.29, 0.717) is 6.54 Å². The second kappa shape index (κ2) is 9.04. The minimum Gasteiger partial charge on any atom is -0.354 e. The summed E-state index contributed by atoms with van der Waals surface area (Å²) in [6, 6.07) is 9.13. The SMILES string of the molecule is CC(CN1CCN(c2ccccn2)CC1)NS(=O)(=O)c1c(Cl)cccc1[N+](=O)[O-]. The summed E-state index contributed by atoms with van der Waals surface area (Å²) in [5.74, 6) is 0.923. The van der Waals surface area contributed by atoms with Crippen molar-refractivity contribution >= 4 is 33.1 Å². The van der Waals surface area contributed by atoms with Crippen molar-refractivity contribution in [1.29, 1.82) is 0 Å². The smallest absolute Gasteiger partial charge is 0.290 e. The number of aromatic nitrogens is 1. The van der Waals surface area contributed by atoms with Crippen LogP contribution < -0.4 is 9.62 Å². The summed E-state index contributed by atoms with van der Waals surface area (Å²) >= 11 is 5.96. The Labute approximate surface area is 174 Å². The summed E-state index contributed by atoms with van der Waals surface area (Å²) in [7, 11) is -4.14. The number of nitrogens with one attached hydrogen (secondary N) is 1. The number of nitrogens with zero attached hydrogens (tertiary/aromatic N) is 4. The van der Waals surface area contributed by atoms with Crippen molar-refractivity contribution in [3.8, 4) is 0 Å². The molecule has 1 aromatic carbocycles. The first-order chi connectivity index (χ1) is 13.8. The molecule has 9 nitrogen and oxygen atoms in total. The zero-order valence-electron chi connectivity index (χ0n) is 15.9. The average molecular weight is 440 g/mol. The minimum atomic E-state index is -4.14. The number of rotatable bonds is 7. The number of anilines is 1. The zero-order chi connectivity index (χ0) is 21.0. The minimum absolute atomic E-state index is 0.178. The number of piperazine rings is 1. The number of pyridine rings is 1. The maximum atomic E-state index is 12.7. The van der Waals surface area contributed by atoms with Crippen molar-refractivity contribution in [2.24, 2.45) is 0 Å². The van der Waals surface area contributed by atoms with Crippen LogP contribution in [0.2, 0.25) is 5.02 Å². The van der Waals surface area contributed by atoms with Gasteiger partial charge in [-0.3, -0.25) is 15.0 Å². The van der Waals surface area contributed by atoms with Gasteiger partial charge in [-0.05, 0) is 25.1 Å². The number of hydrogen-bond acceptors (Lipinski definition) is 7. The Balaban J connectivity index is 1.61. The molecule has 0 bridgehead atoms. The Bertz CT molecular complexity index is 965. The highest BCUT2D eigenvalue weighted by Crippen LogP contribution is 2.30. The van der Waals surface area contributed by atoms with Crippen LogP contribution in [0.1, 0.15) is 6.92 Å². The zero-order valence-corrected chi connectivity index (χ0v) is 17.4. The number of benzene rings is 1. The summed E-state index contributed by atoms with van der Waals surface area (Å²) in [5.41, 5.74) is -0.541. The predicted octanol–water partition coefficient (Wildman–Crippen LogP) is 2.13. The number of nitro groups is 1. The fraction of sp³-hybridized carbons (Fsp3) is 0.389. The maximum absolute atomic E-state index is 12.7. The van der Waals surface area contributed by atoms with Crippen LogP contribution >= 0.6 is 11.6 Å². The van der Waals surface area contributed by atoms with Gasteiger partial charge in [-0.15, -0.1) is 0 Å². The summed E-state index contributed by atoms with van der Waals surface area (Å²) in [4.78, 5) is 18.6. The Morgan fingerprint density at radius 2 is 1.93 bits per heavy atom. The Morgan fingerprint density at radius 3 is 2.55 bits per heavy atom. The van der Waals surface area contributed by atoms with Crippen molar-refractivity contribution < 1.29 is 13.3 Å². The molecule has 0 radical (unpaired) electrons. The third kappa shape index (κ3) is 5.21. The fourth-order valence-electron chi connectivity index (χ4n) is 3.36. The maximum Gasteiger partial charge on any atom is 0.290 e. The molecule has 0 saturated carbocycles. The van der Waals surface area contributed by atoms with E-state index in [0.717, 1.165) is 38.1 Å². The number of halogens is 1. The van der Waals surface area contributed by atoms with Crippen LogP contribution in [0.4, 0.5) is 11.5 Å². The van der Waals surface area contributed by atoms with E-state index >= 15 is 0 Å². The van der Waals surface area contributed by atoms with E-state index in [4.69, 9.17) is 11.6 Å². The quantitative estimate of drug-likeness (QED) is 0.520. The van der Waals surface area contributed by atoms with Gasteiger partial charge in [0, 0.05) is 51.0 Å². The molecule has 0 aliphatic carbocycles. The van der Waals surface area contributed by atoms with E-state index in [9.17, 15) is 18.5 Å². The van der Waals surface area contributed by atoms with E-state index in [-0.39, 0.29) is 5.02 Å². The lowest BCUT2D eigenvalue weighted by molar-refractivity contribution is -0.387. The standard InChI is InChI=1S/C18H22ClN5O4S/c1-14(13-22-9-11-23(12-10-22)17-7-2-3-8-20-17)21-29(27,28)18-15(19)5-4-6-16(18)24(25)26/h2-8,14,21H,9-13H2,1H3. The van der Waals surface area contributed by atoms with E-state index in [1.807, 2.05) is 18.2 Å². The Hall–Kier alpha value is -2.27. The summed E-state index contributed by atoms with van der Waals surface area (Å²) in [6.07, 6.45) is 1.76. The molecular formula is C18H22ClN5O4S. The van der Waals surface area contributed by atoms with E-state index in [2.05, 4.69) is 19.5 Å². The van der Waals surface area contributed by atoms with Gasteiger partial charge in [0.25, 0.3) is 5.69 Å². The molecule has 11 heteroatoms. The molecule has 0 amide bonds. The predicted molar refractivity (Wildman–Crippen MR) is 111 cm³/mol. The van der Waals surface area contributed by atoms with Crippen LogP contribution in [-0.2, 0) is 10.0 Å². The summed E-state index contributed by atoms with van der Waals surface area (Å²) in [6.45, 7) is 5.29. The van der Waals surface area contributed by atoms with E-state index < -0.39 is 31.6 Å². The van der Waals surface area contributed by atoms with Crippen LogP contribution in [0.15, 0.2) is 47.5 Å². The average Bonchev–Trinajstić information content (AvgIpc) is 2.68. The highest BCUT2D eigenvalue weighted by atomic mass is 35.5. The van der Waals surface area contributed by atoms with Crippen molar-refractivity contribution in [1.82, 2.24) is 14.6 Å². The molecule has 1 saturated heterocycles. The molecule has 0 spiro atoms. The van der Waals surface area contributed by atoms with Crippen molar-refractivity contribution in [2.75, 3.05) is 37.6 Å². The van der Waals surface area contributed by atoms with Gasteiger partial charge in [-0.1, -0.05) is 23.7 Å². The molecular weight excluding hydrogens is 418 g/mol. The molecule has 156 valence electrons. The third-order valence-corrected chi connectivity index (χ3v) is 6.75. The lowest BCUT2D eigenvalue weighted by atomic mass is 10.2. The second-order valence-electron chi connectivity index (χ2n) is 6.84. The first kappa shape index (κ1) is 21.4. The van der Waals surface area contributed by atoms with Crippen LogP contribution in [0.25, 0.3) is 0 Å². The van der Waals surface area contributed by atoms with Gasteiger partial charge < -0.3 is 4.90 Å². The number of sulfonamides is 1. The highest BCUT2D eigenvalue weighted by molar-refractivity contribution is 7.89. The molecule has 1 fully saturated rings. The molecule has 1 unspecified atom stereocenters. The lowest BCUT2D eigenvalue weighted by Crippen LogP contribution is -2.51. The largest absolute Gasteiger partial charge is 0.354 e. The highest BCUT2D eigenvalue weighted by Gasteiger charge is 2.30. The van der Waals surface area contributed by atoms with Crippen LogP contribution in [0.5, 0.6) is 0 Å². The van der Waals surface area contributed by atoms with Crippen molar-refractivity contribution in [3.63, 3.8) is 0 Å². The van der Waals surface area contributed by atoms with Gasteiger partial charge in [-0.25, -0.2) is 18.1 Å². The van der Waals surface area contributed by atoms with Gasteiger partial charge in [0.1, 0.15) is 5.82 Å². The molecule has 1 N–H and O–H groups in total. The Morgan fingerprint density at radius 1 is 1.21 bits per heavy atom. The van der Waals surface area contributed by atoms with Crippen LogP contribution in [0, 0.1) is 10.1 Å². The van der Waals surface area contributed by atoms with Gasteiger partial charge in [0.15, 0.2) is 4.90 Å². The first-order valence-corrected chi connectivity index (χ1v) is 11.0. The monoisotopic (exact) mass is 439 g/mol. The van der Waals surface area contributed by atoms with Gasteiger partial charge >= 0.3 is 0 Å². The number of hydrogen-bond donors (Lipinski definition) is 1. The molecule has 1 aliphatic rings. The van der Waals surface area contributed by atoms with Gasteiger partial charge in [0.2, 0.25) is 10.0 Å². The lowest BCUT2D eigenvalue weighted by Gasteiger charge is -2.36. The summed E-state index contributed by atoms with van der Waals surface area (Å²) in [5, 5.41) is 11.0. The second-order valence-corrected chi connectivity index (χ2v) is 8.90. The molecule has 3 rings (SSSR count). The first-order valence-electron chi connectivity index (χ1n) is 9.11. The summed E-state index contributed by atoms with van der Waals surface area (Å²) < 4.78 is 28.0. The van der Waals surface area contributed by atoms with Gasteiger partial charge in [-0.2, -0.15) is 0 Å². The molecule has 1 aliphatic heterocycles. The van der Waals surface area contributed by atoms with Crippen LogP contribution in [-0.4, -0.2) is 62.0 Å². The topological polar surface area (TPSA) is 109 Å². The van der Waals surface area contributed by atoms with Gasteiger partial charge in [0.05, 0.1) is 9.95 Å². The molecule has 1 atom stereocenters. The van der Waals surface area contributed by atoms with Crippen molar-refractivity contribution in [3.05, 3.63) is 57.7 Å².